The van der Waals surface area contributed by atoms with Crippen LogP contribution in [0.15, 0.2) is 66.9 Å². The van der Waals surface area contributed by atoms with E-state index in [0.717, 1.165) is 4.90 Å². The third-order valence-electron chi connectivity index (χ3n) is 7.01. The van der Waals surface area contributed by atoms with E-state index in [1.165, 1.54) is 23.8 Å². The first-order chi connectivity index (χ1) is 19.5. The van der Waals surface area contributed by atoms with Crippen LogP contribution in [-0.2, 0) is 30.4 Å². The standard InChI is InChI=1S/C30H33N5O6/c1-19(2)27-29(40)34(24(16-33(27)20(3)36)22-13-9-6-10-14-22)17-25(37)31-23(15-21-11-7-5-8-12-21)28(39)35-26(38)18-32(4)30(35)41/h5-14,16,19,23,27H,15,17-18H2,1-4H3,(H,31,37). The van der Waals surface area contributed by atoms with E-state index in [9.17, 15) is 28.8 Å². The summed E-state index contributed by atoms with van der Waals surface area (Å²) in [5.41, 5.74) is 1.68. The maximum absolute atomic E-state index is 13.8. The second-order valence-electron chi connectivity index (χ2n) is 10.4. The molecule has 1 N–H and O–H groups in total. The molecule has 11 nitrogen and oxygen atoms in total. The Morgan fingerprint density at radius 1 is 0.951 bits per heavy atom. The molecule has 4 rings (SSSR count). The van der Waals surface area contributed by atoms with E-state index < -0.39 is 48.3 Å². The van der Waals surface area contributed by atoms with Gasteiger partial charge < -0.3 is 15.1 Å². The molecule has 7 amide bonds. The van der Waals surface area contributed by atoms with Gasteiger partial charge in [-0.25, -0.2) is 4.79 Å². The number of carbonyl (C=O) groups excluding carboxylic acids is 6. The molecule has 2 unspecified atom stereocenters. The third-order valence-corrected chi connectivity index (χ3v) is 7.01. The van der Waals surface area contributed by atoms with Gasteiger partial charge in [-0.2, -0.15) is 4.90 Å². The maximum Gasteiger partial charge on any atom is 0.333 e. The van der Waals surface area contributed by atoms with Crippen LogP contribution in [0.1, 0.15) is 31.9 Å². The second-order valence-corrected chi connectivity index (χ2v) is 10.4. The van der Waals surface area contributed by atoms with Gasteiger partial charge in [0.25, 0.3) is 17.7 Å². The molecule has 2 heterocycles. The number of imide groups is 3. The van der Waals surface area contributed by atoms with E-state index in [1.54, 1.807) is 60.8 Å². The molecule has 0 bridgehead atoms. The number of benzene rings is 2. The van der Waals surface area contributed by atoms with Gasteiger partial charge in [0.2, 0.25) is 11.8 Å². The first kappa shape index (κ1) is 29.2. The molecule has 2 aromatic carbocycles. The summed E-state index contributed by atoms with van der Waals surface area (Å²) in [7, 11) is 1.41. The van der Waals surface area contributed by atoms with Gasteiger partial charge in [-0.15, -0.1) is 0 Å². The lowest BCUT2D eigenvalue weighted by molar-refractivity contribution is -0.145. The van der Waals surface area contributed by atoms with E-state index in [1.807, 2.05) is 19.9 Å². The number of nitrogens with zero attached hydrogens (tertiary/aromatic N) is 4. The molecule has 2 atom stereocenters. The summed E-state index contributed by atoms with van der Waals surface area (Å²) in [4.78, 5) is 82.6. The monoisotopic (exact) mass is 559 g/mol. The van der Waals surface area contributed by atoms with Crippen LogP contribution in [0.2, 0.25) is 0 Å². The summed E-state index contributed by atoms with van der Waals surface area (Å²) in [5.74, 6) is -3.20. The van der Waals surface area contributed by atoms with Crippen molar-refractivity contribution in [3.8, 4) is 0 Å². The molecular formula is C30H33N5O6. The number of hydrogen-bond donors (Lipinski definition) is 1. The van der Waals surface area contributed by atoms with Crippen LogP contribution in [0.3, 0.4) is 0 Å². The Kier molecular flexibility index (Phi) is 8.65. The lowest BCUT2D eigenvalue weighted by Gasteiger charge is -2.40. The molecule has 0 radical (unpaired) electrons. The zero-order chi connectivity index (χ0) is 29.8. The number of urea groups is 1. The molecule has 2 aliphatic heterocycles. The Labute approximate surface area is 238 Å². The largest absolute Gasteiger partial charge is 0.342 e. The van der Waals surface area contributed by atoms with Crippen LogP contribution in [0.25, 0.3) is 5.70 Å². The van der Waals surface area contributed by atoms with E-state index in [-0.39, 0.29) is 24.8 Å². The molecule has 0 saturated carbocycles. The summed E-state index contributed by atoms with van der Waals surface area (Å²) in [6.45, 7) is 4.31. The summed E-state index contributed by atoms with van der Waals surface area (Å²) < 4.78 is 0. The number of hydrogen-bond acceptors (Lipinski definition) is 6. The van der Waals surface area contributed by atoms with Crippen LogP contribution >= 0.6 is 0 Å². The Morgan fingerprint density at radius 2 is 1.56 bits per heavy atom. The van der Waals surface area contributed by atoms with E-state index in [4.69, 9.17) is 0 Å². The average Bonchev–Trinajstić information content (AvgIpc) is 3.19. The van der Waals surface area contributed by atoms with Crippen molar-refractivity contribution >= 4 is 41.3 Å². The minimum atomic E-state index is -1.25. The number of likely N-dealkylation sites (N-methyl/N-ethyl adjacent to an activating group) is 1. The van der Waals surface area contributed by atoms with Gasteiger partial charge >= 0.3 is 6.03 Å². The predicted molar refractivity (Wildman–Crippen MR) is 149 cm³/mol. The Balaban J connectivity index is 1.65. The molecule has 2 aliphatic rings. The van der Waals surface area contributed by atoms with Gasteiger partial charge in [0, 0.05) is 26.6 Å². The number of rotatable bonds is 8. The van der Waals surface area contributed by atoms with Crippen molar-refractivity contribution in [1.82, 2.24) is 24.9 Å². The highest BCUT2D eigenvalue weighted by Gasteiger charge is 2.43. The minimum absolute atomic E-state index is 0.0221. The summed E-state index contributed by atoms with van der Waals surface area (Å²) in [5, 5.41) is 2.66. The fourth-order valence-corrected chi connectivity index (χ4v) is 5.00. The minimum Gasteiger partial charge on any atom is -0.342 e. The SMILES string of the molecule is CC(=O)N1C=C(c2ccccc2)N(CC(=O)NC(Cc2ccccc2)C(=O)N2C(=O)CN(C)C2=O)C(=O)C1C(C)C. The summed E-state index contributed by atoms with van der Waals surface area (Å²) in [6.07, 6.45) is 1.59. The smallest absolute Gasteiger partial charge is 0.333 e. The van der Waals surface area contributed by atoms with Crippen molar-refractivity contribution in [3.63, 3.8) is 0 Å². The predicted octanol–water partition coefficient (Wildman–Crippen LogP) is 1.85. The molecule has 1 fully saturated rings. The quantitative estimate of drug-likeness (QED) is 0.492. The number of amides is 7. The Morgan fingerprint density at radius 3 is 2.10 bits per heavy atom. The molecule has 41 heavy (non-hydrogen) atoms. The van der Waals surface area contributed by atoms with Gasteiger partial charge in [-0.05, 0) is 17.0 Å². The highest BCUT2D eigenvalue weighted by Crippen LogP contribution is 2.30. The number of carbonyl (C=O) groups is 6. The topological polar surface area (TPSA) is 127 Å². The lowest BCUT2D eigenvalue weighted by Crippen LogP contribution is -2.57. The highest BCUT2D eigenvalue weighted by atomic mass is 16.2. The van der Waals surface area contributed by atoms with Crippen LogP contribution in [0, 0.1) is 5.92 Å². The van der Waals surface area contributed by atoms with Crippen molar-refractivity contribution < 1.29 is 28.8 Å². The van der Waals surface area contributed by atoms with Crippen LogP contribution in [0.4, 0.5) is 4.79 Å². The van der Waals surface area contributed by atoms with Crippen molar-refractivity contribution in [2.45, 2.75) is 39.3 Å². The molecular weight excluding hydrogens is 526 g/mol. The summed E-state index contributed by atoms with van der Waals surface area (Å²) in [6, 6.07) is 14.9. The highest BCUT2D eigenvalue weighted by molar-refractivity contribution is 6.16. The second kappa shape index (κ2) is 12.2. The molecule has 1 saturated heterocycles. The van der Waals surface area contributed by atoms with Gasteiger partial charge in [0.05, 0.1) is 5.70 Å². The van der Waals surface area contributed by atoms with Gasteiger partial charge in [-0.3, -0.25) is 28.9 Å². The van der Waals surface area contributed by atoms with Gasteiger partial charge in [0.15, 0.2) is 0 Å². The van der Waals surface area contributed by atoms with Gasteiger partial charge in [-0.1, -0.05) is 74.5 Å². The Hall–Kier alpha value is -4.80. The van der Waals surface area contributed by atoms with E-state index in [2.05, 4.69) is 5.32 Å². The lowest BCUT2D eigenvalue weighted by atomic mass is 9.97. The van der Waals surface area contributed by atoms with Crippen LogP contribution < -0.4 is 5.32 Å². The van der Waals surface area contributed by atoms with Crippen LogP contribution in [0.5, 0.6) is 0 Å². The van der Waals surface area contributed by atoms with E-state index >= 15 is 0 Å². The fourth-order valence-electron chi connectivity index (χ4n) is 5.00. The molecule has 0 spiro atoms. The molecule has 11 heteroatoms. The molecule has 0 aliphatic carbocycles. The van der Waals surface area contributed by atoms with E-state index in [0.29, 0.717) is 21.7 Å². The van der Waals surface area contributed by atoms with Crippen molar-refractivity contribution in [1.29, 1.82) is 0 Å². The maximum atomic E-state index is 13.8. The summed E-state index contributed by atoms with van der Waals surface area (Å²) >= 11 is 0. The molecule has 214 valence electrons. The molecule has 2 aromatic rings. The van der Waals surface area contributed by atoms with Crippen LogP contribution in [-0.4, -0.2) is 87.4 Å². The first-order valence-electron chi connectivity index (χ1n) is 13.3. The van der Waals surface area contributed by atoms with Crippen molar-refractivity contribution in [2.24, 2.45) is 5.92 Å². The van der Waals surface area contributed by atoms with Gasteiger partial charge in [0.1, 0.15) is 25.2 Å². The third kappa shape index (κ3) is 6.19. The average molecular weight is 560 g/mol. The number of nitrogens with one attached hydrogen (secondary N) is 1. The normalized spacial score (nSPS) is 18.1. The zero-order valence-electron chi connectivity index (χ0n) is 23.4. The van der Waals surface area contributed by atoms with Crippen molar-refractivity contribution in [3.05, 3.63) is 78.0 Å². The Bertz CT molecular complexity index is 1390. The first-order valence-corrected chi connectivity index (χ1v) is 13.3. The fraction of sp³-hybridized carbons (Fsp3) is 0.333. The van der Waals surface area contributed by atoms with Crippen molar-refractivity contribution in [2.75, 3.05) is 20.1 Å². The molecule has 0 aromatic heterocycles. The zero-order valence-corrected chi connectivity index (χ0v) is 23.4.